The molecule has 26 heavy (non-hydrogen) atoms. The van der Waals surface area contributed by atoms with Crippen molar-refractivity contribution >= 4 is 17.5 Å². The molecule has 1 heterocycles. The fraction of sp³-hybridized carbons (Fsp3) is 0.250. The van der Waals surface area contributed by atoms with Gasteiger partial charge in [-0.3, -0.25) is 4.79 Å². The van der Waals surface area contributed by atoms with Gasteiger partial charge in [0, 0.05) is 17.0 Å². The third-order valence-corrected chi connectivity index (χ3v) is 4.45. The lowest BCUT2D eigenvalue weighted by Crippen LogP contribution is -2.24. The van der Waals surface area contributed by atoms with Crippen LogP contribution in [0.1, 0.15) is 37.1 Å². The summed E-state index contributed by atoms with van der Waals surface area (Å²) in [5, 5.41) is 7.44. The number of rotatable bonds is 7. The van der Waals surface area contributed by atoms with Gasteiger partial charge in [-0.1, -0.05) is 54.0 Å². The maximum atomic E-state index is 12.3. The summed E-state index contributed by atoms with van der Waals surface area (Å²) in [6, 6.07) is 17.2. The zero-order chi connectivity index (χ0) is 18.4. The normalized spacial score (nSPS) is 11.9. The van der Waals surface area contributed by atoms with Gasteiger partial charge in [-0.2, -0.15) is 4.98 Å². The lowest BCUT2D eigenvalue weighted by atomic mass is 9.93. The van der Waals surface area contributed by atoms with Crippen molar-refractivity contribution in [3.8, 4) is 11.4 Å². The highest BCUT2D eigenvalue weighted by molar-refractivity contribution is 6.30. The Kier molecular flexibility index (Phi) is 6.02. The van der Waals surface area contributed by atoms with Crippen molar-refractivity contribution in [1.82, 2.24) is 15.5 Å². The molecule has 0 fully saturated rings. The van der Waals surface area contributed by atoms with Crippen LogP contribution in [0, 0.1) is 0 Å². The number of hydrogen-bond donors (Lipinski definition) is 1. The van der Waals surface area contributed by atoms with E-state index in [4.69, 9.17) is 16.1 Å². The predicted octanol–water partition coefficient (Wildman–Crippen LogP) is 4.59. The first kappa shape index (κ1) is 18.1. The van der Waals surface area contributed by atoms with Crippen molar-refractivity contribution in [2.24, 2.45) is 0 Å². The van der Waals surface area contributed by atoms with E-state index in [1.54, 1.807) is 12.1 Å². The Bertz CT molecular complexity index is 847. The van der Waals surface area contributed by atoms with Gasteiger partial charge in [0.2, 0.25) is 17.6 Å². The van der Waals surface area contributed by atoms with E-state index < -0.39 is 0 Å². The average Bonchev–Trinajstić information content (AvgIpc) is 3.15. The van der Waals surface area contributed by atoms with Crippen LogP contribution in [-0.4, -0.2) is 16.0 Å². The van der Waals surface area contributed by atoms with Gasteiger partial charge in [-0.15, -0.1) is 0 Å². The molecule has 0 spiro atoms. The van der Waals surface area contributed by atoms with Gasteiger partial charge in [-0.25, -0.2) is 0 Å². The molecule has 3 aromatic rings. The van der Waals surface area contributed by atoms with E-state index in [9.17, 15) is 4.79 Å². The molecule has 1 unspecified atom stereocenters. The Morgan fingerprint density at radius 1 is 1.15 bits per heavy atom. The number of nitrogens with one attached hydrogen (secondary N) is 1. The van der Waals surface area contributed by atoms with Crippen molar-refractivity contribution in [2.75, 3.05) is 0 Å². The summed E-state index contributed by atoms with van der Waals surface area (Å²) in [6.07, 6.45) is 1.33. The molecule has 1 aromatic heterocycles. The maximum absolute atomic E-state index is 12.3. The van der Waals surface area contributed by atoms with Gasteiger partial charge in [-0.05, 0) is 42.2 Å². The Labute approximate surface area is 157 Å². The summed E-state index contributed by atoms with van der Waals surface area (Å²) in [6.45, 7) is 2.30. The topological polar surface area (TPSA) is 68.0 Å². The van der Waals surface area contributed by atoms with Gasteiger partial charge in [0.15, 0.2) is 0 Å². The molecule has 0 saturated heterocycles. The molecule has 0 aliphatic heterocycles. The second-order valence-corrected chi connectivity index (χ2v) is 6.45. The van der Waals surface area contributed by atoms with Gasteiger partial charge in [0.05, 0.1) is 6.54 Å². The largest absolute Gasteiger partial charge is 0.347 e. The first-order valence-corrected chi connectivity index (χ1v) is 8.93. The Morgan fingerprint density at radius 2 is 1.88 bits per heavy atom. The fourth-order valence-electron chi connectivity index (χ4n) is 2.74. The summed E-state index contributed by atoms with van der Waals surface area (Å²) in [7, 11) is 0. The van der Waals surface area contributed by atoms with Crippen LogP contribution < -0.4 is 5.32 Å². The summed E-state index contributed by atoms with van der Waals surface area (Å²) in [5.41, 5.74) is 1.99. The quantitative estimate of drug-likeness (QED) is 0.661. The van der Waals surface area contributed by atoms with E-state index in [0.717, 1.165) is 12.0 Å². The smallest absolute Gasteiger partial charge is 0.246 e. The zero-order valence-electron chi connectivity index (χ0n) is 14.5. The summed E-state index contributed by atoms with van der Waals surface area (Å²) < 4.78 is 5.21. The molecular formula is C20H20ClN3O2. The molecule has 0 bridgehead atoms. The molecule has 6 heteroatoms. The third-order valence-electron chi connectivity index (χ3n) is 4.20. The SMILES string of the molecule is CCC(CC(=O)NCc1nc(-c2ccc(Cl)cc2)no1)c1ccccc1. The minimum atomic E-state index is -0.0352. The van der Waals surface area contributed by atoms with Gasteiger partial charge < -0.3 is 9.84 Å². The minimum absolute atomic E-state index is 0.0352. The first-order valence-electron chi connectivity index (χ1n) is 8.56. The standard InChI is InChI=1S/C20H20ClN3O2/c1-2-14(15-6-4-3-5-7-15)12-18(25)22-13-19-23-20(24-26-19)16-8-10-17(21)11-9-16/h3-11,14H,2,12-13H2,1H3,(H,22,25). The molecular weight excluding hydrogens is 350 g/mol. The molecule has 0 aliphatic rings. The number of aromatic nitrogens is 2. The van der Waals surface area contributed by atoms with Crippen molar-refractivity contribution < 1.29 is 9.32 Å². The molecule has 2 aromatic carbocycles. The van der Waals surface area contributed by atoms with Crippen LogP contribution in [0.15, 0.2) is 59.1 Å². The van der Waals surface area contributed by atoms with Crippen LogP contribution in [0.25, 0.3) is 11.4 Å². The first-order chi connectivity index (χ1) is 12.7. The van der Waals surface area contributed by atoms with E-state index in [1.165, 1.54) is 5.56 Å². The summed E-state index contributed by atoms with van der Waals surface area (Å²) in [4.78, 5) is 16.6. The third kappa shape index (κ3) is 4.70. The second-order valence-electron chi connectivity index (χ2n) is 6.02. The van der Waals surface area contributed by atoms with Crippen LogP contribution in [-0.2, 0) is 11.3 Å². The van der Waals surface area contributed by atoms with E-state index in [2.05, 4.69) is 34.5 Å². The van der Waals surface area contributed by atoms with Crippen molar-refractivity contribution in [3.05, 3.63) is 71.1 Å². The minimum Gasteiger partial charge on any atom is -0.347 e. The Hall–Kier alpha value is -2.66. The van der Waals surface area contributed by atoms with Crippen LogP contribution in [0.3, 0.4) is 0 Å². The van der Waals surface area contributed by atoms with Crippen molar-refractivity contribution in [2.45, 2.75) is 32.2 Å². The molecule has 1 N–H and O–H groups in total. The molecule has 0 saturated carbocycles. The number of carbonyl (C=O) groups is 1. The van der Waals surface area contributed by atoms with E-state index >= 15 is 0 Å². The summed E-state index contributed by atoms with van der Waals surface area (Å²) >= 11 is 5.87. The second kappa shape index (κ2) is 8.63. The fourth-order valence-corrected chi connectivity index (χ4v) is 2.86. The average molecular weight is 370 g/mol. The van der Waals surface area contributed by atoms with Gasteiger partial charge in [0.1, 0.15) is 0 Å². The predicted molar refractivity (Wildman–Crippen MR) is 101 cm³/mol. The number of benzene rings is 2. The van der Waals surface area contributed by atoms with Crippen LogP contribution in [0.5, 0.6) is 0 Å². The van der Waals surface area contributed by atoms with Crippen molar-refractivity contribution in [3.63, 3.8) is 0 Å². The van der Waals surface area contributed by atoms with Crippen molar-refractivity contribution in [1.29, 1.82) is 0 Å². The Morgan fingerprint density at radius 3 is 2.58 bits per heavy atom. The lowest BCUT2D eigenvalue weighted by molar-refractivity contribution is -0.121. The van der Waals surface area contributed by atoms with Crippen LogP contribution in [0.4, 0.5) is 0 Å². The Balaban J connectivity index is 1.55. The molecule has 1 amide bonds. The van der Waals surface area contributed by atoms with Crippen LogP contribution >= 0.6 is 11.6 Å². The van der Waals surface area contributed by atoms with E-state index in [1.807, 2.05) is 30.3 Å². The maximum Gasteiger partial charge on any atom is 0.246 e. The summed E-state index contributed by atoms with van der Waals surface area (Å²) in [5.74, 6) is 1.01. The highest BCUT2D eigenvalue weighted by Crippen LogP contribution is 2.23. The zero-order valence-corrected chi connectivity index (χ0v) is 15.2. The van der Waals surface area contributed by atoms with Gasteiger partial charge in [0.25, 0.3) is 0 Å². The molecule has 0 aliphatic carbocycles. The van der Waals surface area contributed by atoms with E-state index in [-0.39, 0.29) is 18.4 Å². The van der Waals surface area contributed by atoms with E-state index in [0.29, 0.717) is 23.2 Å². The molecule has 134 valence electrons. The number of amides is 1. The monoisotopic (exact) mass is 369 g/mol. The lowest BCUT2D eigenvalue weighted by Gasteiger charge is -2.14. The number of carbonyl (C=O) groups excluding carboxylic acids is 1. The number of hydrogen-bond acceptors (Lipinski definition) is 4. The van der Waals surface area contributed by atoms with Crippen LogP contribution in [0.2, 0.25) is 5.02 Å². The molecule has 5 nitrogen and oxygen atoms in total. The number of nitrogens with zero attached hydrogens (tertiary/aromatic N) is 2. The molecule has 1 atom stereocenters. The highest BCUT2D eigenvalue weighted by atomic mass is 35.5. The number of halogens is 1. The van der Waals surface area contributed by atoms with Gasteiger partial charge >= 0.3 is 0 Å². The highest BCUT2D eigenvalue weighted by Gasteiger charge is 2.15. The molecule has 3 rings (SSSR count). The molecule has 0 radical (unpaired) electrons.